The third kappa shape index (κ3) is 3.12. The number of likely N-dealkylation sites (tertiary alicyclic amines) is 1. The van der Waals surface area contributed by atoms with Crippen LogP contribution in [0.2, 0.25) is 0 Å². The predicted octanol–water partition coefficient (Wildman–Crippen LogP) is 3.07. The van der Waals surface area contributed by atoms with Gasteiger partial charge in [-0.1, -0.05) is 31.5 Å². The number of aryl methyl sites for hydroxylation is 2. The van der Waals surface area contributed by atoms with Crippen LogP contribution in [0.1, 0.15) is 42.6 Å². The second kappa shape index (κ2) is 5.85. The van der Waals surface area contributed by atoms with Crippen molar-refractivity contribution in [1.82, 2.24) is 4.90 Å². The quantitative estimate of drug-likeness (QED) is 0.884. The number of hydrogen-bond acceptors (Lipinski definition) is 2. The number of aliphatic hydroxyl groups is 1. The van der Waals surface area contributed by atoms with Crippen LogP contribution in [0.4, 0.5) is 0 Å². The SMILES string of the molecule is CCC1CCN(CC(O)c2ccc(C)c(C)c2)C1. The van der Waals surface area contributed by atoms with E-state index in [9.17, 15) is 5.11 Å². The van der Waals surface area contributed by atoms with Gasteiger partial charge in [0, 0.05) is 13.1 Å². The van der Waals surface area contributed by atoms with E-state index in [0.717, 1.165) is 31.1 Å². The monoisotopic (exact) mass is 247 g/mol. The average molecular weight is 247 g/mol. The van der Waals surface area contributed by atoms with E-state index in [1.54, 1.807) is 0 Å². The van der Waals surface area contributed by atoms with Crippen molar-refractivity contribution in [3.8, 4) is 0 Å². The molecule has 1 saturated heterocycles. The summed E-state index contributed by atoms with van der Waals surface area (Å²) in [5.74, 6) is 0.831. The van der Waals surface area contributed by atoms with Gasteiger partial charge in [-0.2, -0.15) is 0 Å². The molecule has 1 aromatic rings. The summed E-state index contributed by atoms with van der Waals surface area (Å²) in [5.41, 5.74) is 3.61. The zero-order valence-corrected chi connectivity index (χ0v) is 11.8. The Morgan fingerprint density at radius 3 is 2.72 bits per heavy atom. The lowest BCUT2D eigenvalue weighted by molar-refractivity contribution is 0.124. The van der Waals surface area contributed by atoms with Crippen molar-refractivity contribution in [1.29, 1.82) is 0 Å². The number of nitrogens with zero attached hydrogens (tertiary/aromatic N) is 1. The highest BCUT2D eigenvalue weighted by molar-refractivity contribution is 5.31. The molecule has 0 bridgehead atoms. The van der Waals surface area contributed by atoms with Gasteiger partial charge >= 0.3 is 0 Å². The highest BCUT2D eigenvalue weighted by Crippen LogP contribution is 2.23. The van der Waals surface area contributed by atoms with Crippen molar-refractivity contribution in [3.05, 3.63) is 34.9 Å². The van der Waals surface area contributed by atoms with E-state index in [1.165, 1.54) is 24.0 Å². The van der Waals surface area contributed by atoms with E-state index in [0.29, 0.717) is 0 Å². The molecule has 1 aromatic carbocycles. The Bertz CT molecular complexity index is 402. The summed E-state index contributed by atoms with van der Waals surface area (Å²) in [4.78, 5) is 2.40. The first-order chi connectivity index (χ1) is 8.60. The molecule has 2 unspecified atom stereocenters. The Morgan fingerprint density at radius 2 is 2.11 bits per heavy atom. The zero-order valence-electron chi connectivity index (χ0n) is 11.8. The first-order valence-corrected chi connectivity index (χ1v) is 7.07. The van der Waals surface area contributed by atoms with E-state index >= 15 is 0 Å². The molecule has 2 rings (SSSR count). The Morgan fingerprint density at radius 1 is 1.33 bits per heavy atom. The zero-order chi connectivity index (χ0) is 13.1. The molecule has 2 nitrogen and oxygen atoms in total. The van der Waals surface area contributed by atoms with Crippen LogP contribution in [0.5, 0.6) is 0 Å². The minimum absolute atomic E-state index is 0.347. The molecule has 1 heterocycles. The first kappa shape index (κ1) is 13.6. The van der Waals surface area contributed by atoms with Crippen molar-refractivity contribution in [2.45, 2.75) is 39.7 Å². The molecule has 0 aliphatic carbocycles. The maximum Gasteiger partial charge on any atom is 0.0917 e. The lowest BCUT2D eigenvalue weighted by Gasteiger charge is -2.20. The summed E-state index contributed by atoms with van der Waals surface area (Å²) in [6.45, 7) is 9.54. The van der Waals surface area contributed by atoms with Crippen LogP contribution in [0.15, 0.2) is 18.2 Å². The minimum Gasteiger partial charge on any atom is -0.387 e. The van der Waals surface area contributed by atoms with Crippen molar-refractivity contribution >= 4 is 0 Å². The molecule has 0 radical (unpaired) electrons. The van der Waals surface area contributed by atoms with E-state index in [1.807, 2.05) is 0 Å². The molecule has 1 fully saturated rings. The topological polar surface area (TPSA) is 23.5 Å². The molecule has 0 aromatic heterocycles. The number of aliphatic hydroxyl groups excluding tert-OH is 1. The molecule has 2 heteroatoms. The lowest BCUT2D eigenvalue weighted by atomic mass is 10.0. The van der Waals surface area contributed by atoms with Gasteiger partial charge in [0.25, 0.3) is 0 Å². The molecule has 1 aliphatic heterocycles. The van der Waals surface area contributed by atoms with Gasteiger partial charge in [0.2, 0.25) is 0 Å². The van der Waals surface area contributed by atoms with E-state index in [-0.39, 0.29) is 6.10 Å². The van der Waals surface area contributed by atoms with Gasteiger partial charge in [-0.3, -0.25) is 0 Å². The fourth-order valence-corrected chi connectivity index (χ4v) is 2.73. The van der Waals surface area contributed by atoms with Crippen LogP contribution >= 0.6 is 0 Å². The maximum atomic E-state index is 10.3. The molecular weight excluding hydrogens is 222 g/mol. The van der Waals surface area contributed by atoms with Crippen molar-refractivity contribution < 1.29 is 5.11 Å². The van der Waals surface area contributed by atoms with Gasteiger partial charge in [-0.15, -0.1) is 0 Å². The highest BCUT2D eigenvalue weighted by Gasteiger charge is 2.23. The van der Waals surface area contributed by atoms with Gasteiger partial charge in [0.1, 0.15) is 0 Å². The second-order valence-electron chi connectivity index (χ2n) is 5.68. The van der Waals surface area contributed by atoms with Gasteiger partial charge in [-0.25, -0.2) is 0 Å². The van der Waals surface area contributed by atoms with Crippen LogP contribution in [-0.4, -0.2) is 29.6 Å². The number of rotatable bonds is 4. The fourth-order valence-electron chi connectivity index (χ4n) is 2.73. The van der Waals surface area contributed by atoms with Gasteiger partial charge in [0.05, 0.1) is 6.10 Å². The van der Waals surface area contributed by atoms with Crippen molar-refractivity contribution in [2.75, 3.05) is 19.6 Å². The summed E-state index contributed by atoms with van der Waals surface area (Å²) < 4.78 is 0. The van der Waals surface area contributed by atoms with Crippen molar-refractivity contribution in [2.24, 2.45) is 5.92 Å². The normalized spacial score (nSPS) is 22.3. The first-order valence-electron chi connectivity index (χ1n) is 7.07. The second-order valence-corrected chi connectivity index (χ2v) is 5.68. The van der Waals surface area contributed by atoms with Crippen LogP contribution in [0.3, 0.4) is 0 Å². The third-order valence-electron chi connectivity index (χ3n) is 4.29. The molecule has 100 valence electrons. The van der Waals surface area contributed by atoms with Crippen LogP contribution in [0.25, 0.3) is 0 Å². The van der Waals surface area contributed by atoms with Crippen molar-refractivity contribution in [3.63, 3.8) is 0 Å². The summed E-state index contributed by atoms with van der Waals surface area (Å²) in [6.07, 6.45) is 2.20. The number of hydrogen-bond donors (Lipinski definition) is 1. The molecule has 1 N–H and O–H groups in total. The third-order valence-corrected chi connectivity index (χ3v) is 4.29. The molecule has 1 aliphatic rings. The number of benzene rings is 1. The largest absolute Gasteiger partial charge is 0.387 e. The van der Waals surface area contributed by atoms with E-state index in [4.69, 9.17) is 0 Å². The summed E-state index contributed by atoms with van der Waals surface area (Å²) >= 11 is 0. The van der Waals surface area contributed by atoms with E-state index in [2.05, 4.69) is 43.9 Å². The Balaban J connectivity index is 1.95. The summed E-state index contributed by atoms with van der Waals surface area (Å²) in [5, 5.41) is 10.3. The summed E-state index contributed by atoms with van der Waals surface area (Å²) in [7, 11) is 0. The van der Waals surface area contributed by atoms with Gasteiger partial charge < -0.3 is 10.0 Å². The Hall–Kier alpha value is -0.860. The van der Waals surface area contributed by atoms with Crippen LogP contribution in [-0.2, 0) is 0 Å². The fraction of sp³-hybridized carbons (Fsp3) is 0.625. The maximum absolute atomic E-state index is 10.3. The lowest BCUT2D eigenvalue weighted by Crippen LogP contribution is -2.26. The Labute approximate surface area is 111 Å². The highest BCUT2D eigenvalue weighted by atomic mass is 16.3. The van der Waals surface area contributed by atoms with Crippen LogP contribution < -0.4 is 0 Å². The molecule has 18 heavy (non-hydrogen) atoms. The molecule has 0 spiro atoms. The standard InChI is InChI=1S/C16H25NO/c1-4-14-7-8-17(10-14)11-16(18)15-6-5-12(2)13(3)9-15/h5-6,9,14,16,18H,4,7-8,10-11H2,1-3H3. The Kier molecular flexibility index (Phi) is 4.41. The molecular formula is C16H25NO. The van der Waals surface area contributed by atoms with Crippen LogP contribution in [0, 0.1) is 19.8 Å². The molecule has 0 saturated carbocycles. The molecule has 2 atom stereocenters. The minimum atomic E-state index is -0.347. The van der Waals surface area contributed by atoms with Gasteiger partial charge in [-0.05, 0) is 49.4 Å². The van der Waals surface area contributed by atoms with Gasteiger partial charge in [0.15, 0.2) is 0 Å². The molecule has 0 amide bonds. The number of β-amino-alcohol motifs (C(OH)–C–C–N with tert-alkyl or cyclic N) is 1. The smallest absolute Gasteiger partial charge is 0.0917 e. The van der Waals surface area contributed by atoms with E-state index < -0.39 is 0 Å². The average Bonchev–Trinajstić information content (AvgIpc) is 2.80. The summed E-state index contributed by atoms with van der Waals surface area (Å²) in [6, 6.07) is 6.28. The predicted molar refractivity (Wildman–Crippen MR) is 75.7 cm³/mol.